The Labute approximate surface area is 179 Å². The summed E-state index contributed by atoms with van der Waals surface area (Å²) in [5, 5.41) is 0. The molecular weight excluding hydrogens is 366 g/mol. The molecule has 4 unspecified atom stereocenters. The zero-order valence-corrected chi connectivity index (χ0v) is 20.0. The molecule has 0 aromatic heterocycles. The Bertz CT molecular complexity index is 443. The first-order chi connectivity index (χ1) is 13.9. The maximum atomic E-state index is 11.9. The van der Waals surface area contributed by atoms with Crippen molar-refractivity contribution in [3.8, 4) is 0 Å². The van der Waals surface area contributed by atoms with Crippen LogP contribution in [0, 0.1) is 11.8 Å². The lowest BCUT2D eigenvalue weighted by Gasteiger charge is -2.41. The fraction of sp³-hybridized carbons (Fsp3) is 0.958. The van der Waals surface area contributed by atoms with Crippen molar-refractivity contribution in [2.75, 3.05) is 33.9 Å². The normalized spacial score (nSPS) is 24.0. The first kappa shape index (κ1) is 26.4. The summed E-state index contributed by atoms with van der Waals surface area (Å²) in [5.74, 6) is 0.233. The Morgan fingerprint density at radius 2 is 1.83 bits per heavy atom. The second-order valence-electron chi connectivity index (χ2n) is 9.01. The van der Waals surface area contributed by atoms with Gasteiger partial charge in [0.25, 0.3) is 0 Å². The van der Waals surface area contributed by atoms with Crippen LogP contribution < -0.4 is 0 Å². The molecule has 0 aliphatic carbocycles. The Hall–Kier alpha value is -0.650. The summed E-state index contributed by atoms with van der Waals surface area (Å²) in [4.78, 5) is 14.0. The third-order valence-electron chi connectivity index (χ3n) is 6.06. The summed E-state index contributed by atoms with van der Waals surface area (Å²) in [6.45, 7) is 10.9. The minimum Gasteiger partial charge on any atom is -0.466 e. The van der Waals surface area contributed by atoms with Gasteiger partial charge in [-0.3, -0.25) is 4.79 Å². The van der Waals surface area contributed by atoms with E-state index < -0.39 is 5.79 Å². The van der Waals surface area contributed by atoms with E-state index in [1.807, 2.05) is 14.1 Å². The number of hydrogen-bond acceptors (Lipinski definition) is 5. The Balaban J connectivity index is 2.60. The van der Waals surface area contributed by atoms with Crippen molar-refractivity contribution in [1.29, 1.82) is 0 Å². The molecular formula is C24H47NO4. The maximum Gasteiger partial charge on any atom is 0.305 e. The quantitative estimate of drug-likeness (QED) is 0.316. The molecule has 0 saturated carbocycles. The Kier molecular flexibility index (Phi) is 13.1. The highest BCUT2D eigenvalue weighted by Crippen LogP contribution is 2.44. The molecule has 5 nitrogen and oxygen atoms in total. The number of esters is 1. The van der Waals surface area contributed by atoms with Crippen molar-refractivity contribution in [1.82, 2.24) is 4.90 Å². The van der Waals surface area contributed by atoms with Gasteiger partial charge in [0.15, 0.2) is 5.79 Å². The summed E-state index contributed by atoms with van der Waals surface area (Å²) in [6.07, 6.45) is 10.2. The fourth-order valence-electron chi connectivity index (χ4n) is 4.46. The van der Waals surface area contributed by atoms with Gasteiger partial charge in [0.1, 0.15) is 0 Å². The number of carbonyl (C=O) groups is 1. The minimum atomic E-state index is -0.471. The number of carbonyl (C=O) groups excluding carboxylic acids is 1. The van der Waals surface area contributed by atoms with Crippen LogP contribution in [0.3, 0.4) is 0 Å². The van der Waals surface area contributed by atoms with Gasteiger partial charge in [-0.15, -0.1) is 0 Å². The van der Waals surface area contributed by atoms with Crippen LogP contribution in [-0.2, 0) is 19.0 Å². The number of hydrogen-bond donors (Lipinski definition) is 0. The van der Waals surface area contributed by atoms with E-state index in [-0.39, 0.29) is 12.1 Å². The van der Waals surface area contributed by atoms with Gasteiger partial charge in [-0.05, 0) is 46.3 Å². The van der Waals surface area contributed by atoms with Gasteiger partial charge < -0.3 is 19.1 Å². The van der Waals surface area contributed by atoms with Gasteiger partial charge in [0.2, 0.25) is 0 Å². The predicted molar refractivity (Wildman–Crippen MR) is 119 cm³/mol. The first-order valence-electron chi connectivity index (χ1n) is 12.0. The average molecular weight is 414 g/mol. The van der Waals surface area contributed by atoms with Crippen LogP contribution in [0.15, 0.2) is 0 Å². The summed E-state index contributed by atoms with van der Waals surface area (Å²) in [5.41, 5.74) is 0. The molecule has 172 valence electrons. The van der Waals surface area contributed by atoms with Crippen molar-refractivity contribution in [3.05, 3.63) is 0 Å². The van der Waals surface area contributed by atoms with Gasteiger partial charge in [-0.1, -0.05) is 53.4 Å². The van der Waals surface area contributed by atoms with Crippen molar-refractivity contribution < 1.29 is 19.0 Å². The first-order valence-corrected chi connectivity index (χ1v) is 12.0. The van der Waals surface area contributed by atoms with Crippen LogP contribution in [0.25, 0.3) is 0 Å². The predicted octanol–water partition coefficient (Wildman–Crippen LogP) is 5.42. The zero-order valence-electron chi connectivity index (χ0n) is 20.0. The molecule has 0 spiro atoms. The van der Waals surface area contributed by atoms with E-state index in [1.165, 1.54) is 12.8 Å². The molecule has 0 aromatic rings. The van der Waals surface area contributed by atoms with E-state index in [1.54, 1.807) is 0 Å². The molecule has 1 fully saturated rings. The SMILES string of the molecule is CCCCC(CCC)C1(C(C)CCC)OCC(CCOC(=O)CCCN(C)C)O1. The molecule has 4 atom stereocenters. The molecule has 1 aliphatic rings. The summed E-state index contributed by atoms with van der Waals surface area (Å²) in [7, 11) is 4.03. The monoisotopic (exact) mass is 413 g/mol. The van der Waals surface area contributed by atoms with Gasteiger partial charge >= 0.3 is 5.97 Å². The third-order valence-corrected chi connectivity index (χ3v) is 6.06. The highest BCUT2D eigenvalue weighted by Gasteiger charge is 2.50. The Morgan fingerprint density at radius 3 is 2.45 bits per heavy atom. The number of nitrogens with zero attached hydrogens (tertiary/aromatic N) is 1. The molecule has 5 heteroatoms. The topological polar surface area (TPSA) is 48.0 Å². The summed E-state index contributed by atoms with van der Waals surface area (Å²) >= 11 is 0. The number of unbranched alkanes of at least 4 members (excludes halogenated alkanes) is 1. The van der Waals surface area contributed by atoms with Crippen LogP contribution in [-0.4, -0.2) is 56.6 Å². The lowest BCUT2D eigenvalue weighted by atomic mass is 9.80. The number of rotatable bonds is 16. The zero-order chi connectivity index (χ0) is 21.7. The molecule has 1 rings (SSSR count). The van der Waals surface area contributed by atoms with Crippen LogP contribution in [0.2, 0.25) is 0 Å². The van der Waals surface area contributed by atoms with Crippen LogP contribution >= 0.6 is 0 Å². The van der Waals surface area contributed by atoms with E-state index >= 15 is 0 Å². The maximum absolute atomic E-state index is 11.9. The average Bonchev–Trinajstić information content (AvgIpc) is 3.10. The molecule has 0 radical (unpaired) electrons. The number of ether oxygens (including phenoxy) is 3. The van der Waals surface area contributed by atoms with Crippen molar-refractivity contribution in [3.63, 3.8) is 0 Å². The minimum absolute atomic E-state index is 0.0184. The molecule has 1 aliphatic heterocycles. The lowest BCUT2D eigenvalue weighted by molar-refractivity contribution is -0.241. The molecule has 0 N–H and O–H groups in total. The standard InChI is InChI=1S/C24H47NO4/c1-7-10-14-21(13-9-3)24(20(4)12-8-2)28-19-22(29-24)16-18-27-23(26)15-11-17-25(5)6/h20-22H,7-19H2,1-6H3. The second kappa shape index (κ2) is 14.4. The third kappa shape index (κ3) is 8.94. The van der Waals surface area contributed by atoms with E-state index in [2.05, 4.69) is 32.6 Å². The smallest absolute Gasteiger partial charge is 0.305 e. The van der Waals surface area contributed by atoms with Crippen molar-refractivity contribution in [2.45, 2.75) is 104 Å². The van der Waals surface area contributed by atoms with E-state index in [9.17, 15) is 4.79 Å². The van der Waals surface area contributed by atoms with Gasteiger partial charge in [-0.2, -0.15) is 0 Å². The van der Waals surface area contributed by atoms with Crippen LogP contribution in [0.4, 0.5) is 0 Å². The molecule has 1 saturated heterocycles. The van der Waals surface area contributed by atoms with Gasteiger partial charge in [0, 0.05) is 24.7 Å². The molecule has 29 heavy (non-hydrogen) atoms. The van der Waals surface area contributed by atoms with Crippen molar-refractivity contribution >= 4 is 5.97 Å². The molecule has 0 bridgehead atoms. The molecule has 0 amide bonds. The van der Waals surface area contributed by atoms with E-state index in [0.29, 0.717) is 37.9 Å². The Morgan fingerprint density at radius 1 is 1.10 bits per heavy atom. The van der Waals surface area contributed by atoms with Gasteiger partial charge in [-0.25, -0.2) is 0 Å². The van der Waals surface area contributed by atoms with E-state index in [0.717, 1.165) is 45.1 Å². The lowest BCUT2D eigenvalue weighted by Crippen LogP contribution is -2.46. The second-order valence-corrected chi connectivity index (χ2v) is 9.01. The van der Waals surface area contributed by atoms with Crippen LogP contribution in [0.1, 0.15) is 91.9 Å². The molecule has 0 aromatic carbocycles. The highest BCUT2D eigenvalue weighted by atomic mass is 16.7. The molecule has 1 heterocycles. The van der Waals surface area contributed by atoms with Crippen LogP contribution in [0.5, 0.6) is 0 Å². The largest absolute Gasteiger partial charge is 0.466 e. The van der Waals surface area contributed by atoms with Gasteiger partial charge in [0.05, 0.1) is 19.3 Å². The van der Waals surface area contributed by atoms with Crippen molar-refractivity contribution in [2.24, 2.45) is 11.8 Å². The summed E-state index contributed by atoms with van der Waals surface area (Å²) in [6, 6.07) is 0. The summed E-state index contributed by atoms with van der Waals surface area (Å²) < 4.78 is 18.6. The fourth-order valence-corrected chi connectivity index (χ4v) is 4.46. The highest BCUT2D eigenvalue weighted by molar-refractivity contribution is 5.69. The van der Waals surface area contributed by atoms with E-state index in [4.69, 9.17) is 14.2 Å².